The van der Waals surface area contributed by atoms with Crippen LogP contribution in [0.2, 0.25) is 10.0 Å². The summed E-state index contributed by atoms with van der Waals surface area (Å²) < 4.78 is 0. The van der Waals surface area contributed by atoms with Crippen LogP contribution in [-0.4, -0.2) is 31.4 Å². The first-order valence-electron chi connectivity index (χ1n) is 4.40. The number of carbonyl (C=O) groups excluding carboxylic acids is 1. The van der Waals surface area contributed by atoms with Crippen molar-refractivity contribution >= 4 is 34.8 Å². The molecular weight excluding hydrogens is 235 g/mol. The molecular formula is C10H12Cl2N2O. The van der Waals surface area contributed by atoms with Crippen molar-refractivity contribution in [2.45, 2.75) is 0 Å². The first-order chi connectivity index (χ1) is 7.00. The Kier molecular flexibility index (Phi) is 4.24. The van der Waals surface area contributed by atoms with E-state index in [-0.39, 0.29) is 12.5 Å². The summed E-state index contributed by atoms with van der Waals surface area (Å²) in [6, 6.07) is 5.09. The Balaban J connectivity index is 2.62. The maximum atomic E-state index is 11.3. The number of nitrogens with zero attached hydrogens (tertiary/aromatic N) is 1. The van der Waals surface area contributed by atoms with Crippen molar-refractivity contribution in [1.29, 1.82) is 0 Å². The highest BCUT2D eigenvalue weighted by atomic mass is 35.5. The van der Waals surface area contributed by atoms with Crippen molar-refractivity contribution in [3.8, 4) is 0 Å². The van der Waals surface area contributed by atoms with E-state index in [1.54, 1.807) is 32.3 Å². The lowest BCUT2D eigenvalue weighted by Gasteiger charge is -2.12. The largest absolute Gasteiger partial charge is 0.375 e. The van der Waals surface area contributed by atoms with Crippen molar-refractivity contribution in [3.63, 3.8) is 0 Å². The molecule has 0 aromatic heterocycles. The van der Waals surface area contributed by atoms with Gasteiger partial charge in [0.2, 0.25) is 5.91 Å². The number of halogens is 2. The average molecular weight is 247 g/mol. The van der Waals surface area contributed by atoms with Crippen LogP contribution in [0.3, 0.4) is 0 Å². The van der Waals surface area contributed by atoms with E-state index in [1.165, 1.54) is 4.90 Å². The normalized spacial score (nSPS) is 9.87. The Morgan fingerprint density at radius 1 is 1.40 bits per heavy atom. The van der Waals surface area contributed by atoms with Crippen LogP contribution in [0.15, 0.2) is 18.2 Å². The lowest BCUT2D eigenvalue weighted by atomic mass is 10.3. The predicted octanol–water partition coefficient (Wildman–Crippen LogP) is 2.49. The quantitative estimate of drug-likeness (QED) is 0.889. The zero-order chi connectivity index (χ0) is 11.4. The summed E-state index contributed by atoms with van der Waals surface area (Å²) in [6.45, 7) is 0.217. The van der Waals surface area contributed by atoms with Crippen LogP contribution in [-0.2, 0) is 4.79 Å². The maximum Gasteiger partial charge on any atom is 0.241 e. The summed E-state index contributed by atoms with van der Waals surface area (Å²) in [6.07, 6.45) is 0. The van der Waals surface area contributed by atoms with Gasteiger partial charge in [0.25, 0.3) is 0 Å². The van der Waals surface area contributed by atoms with E-state index in [2.05, 4.69) is 5.32 Å². The molecule has 0 atom stereocenters. The number of rotatable bonds is 3. The van der Waals surface area contributed by atoms with Crippen LogP contribution in [0.1, 0.15) is 0 Å². The number of amides is 1. The van der Waals surface area contributed by atoms with E-state index in [1.807, 2.05) is 0 Å². The molecule has 0 bridgehead atoms. The summed E-state index contributed by atoms with van der Waals surface area (Å²) in [5.74, 6) is -0.0129. The smallest absolute Gasteiger partial charge is 0.241 e. The summed E-state index contributed by atoms with van der Waals surface area (Å²) in [5, 5.41) is 4.02. The molecule has 0 heterocycles. The van der Waals surface area contributed by atoms with Crippen molar-refractivity contribution in [3.05, 3.63) is 28.2 Å². The van der Waals surface area contributed by atoms with Crippen LogP contribution in [0.5, 0.6) is 0 Å². The zero-order valence-electron chi connectivity index (χ0n) is 8.55. The van der Waals surface area contributed by atoms with Gasteiger partial charge in [-0.1, -0.05) is 23.2 Å². The van der Waals surface area contributed by atoms with Crippen LogP contribution >= 0.6 is 23.2 Å². The molecule has 0 fully saturated rings. The topological polar surface area (TPSA) is 32.3 Å². The molecule has 3 nitrogen and oxygen atoms in total. The van der Waals surface area contributed by atoms with Gasteiger partial charge in [-0.05, 0) is 18.2 Å². The van der Waals surface area contributed by atoms with E-state index >= 15 is 0 Å². The number of hydrogen-bond donors (Lipinski definition) is 1. The summed E-state index contributed by atoms with van der Waals surface area (Å²) in [7, 11) is 3.40. The third-order valence-corrected chi connectivity index (χ3v) is 2.41. The number of benzene rings is 1. The lowest BCUT2D eigenvalue weighted by molar-refractivity contribution is -0.126. The van der Waals surface area contributed by atoms with Gasteiger partial charge in [0, 0.05) is 19.1 Å². The number of carbonyl (C=O) groups is 1. The summed E-state index contributed by atoms with van der Waals surface area (Å²) in [5.41, 5.74) is 0.705. The van der Waals surface area contributed by atoms with E-state index in [9.17, 15) is 4.79 Å². The second kappa shape index (κ2) is 5.24. The highest BCUT2D eigenvalue weighted by Crippen LogP contribution is 2.24. The number of likely N-dealkylation sites (N-methyl/N-ethyl adjacent to an activating group) is 1. The number of nitrogens with one attached hydrogen (secondary N) is 1. The molecule has 1 amide bonds. The van der Waals surface area contributed by atoms with Gasteiger partial charge in [-0.3, -0.25) is 4.79 Å². The molecule has 82 valence electrons. The Bertz CT molecular complexity index is 366. The molecule has 0 aliphatic rings. The minimum Gasteiger partial charge on any atom is -0.375 e. The third-order valence-electron chi connectivity index (χ3n) is 1.86. The van der Waals surface area contributed by atoms with Gasteiger partial charge in [0.1, 0.15) is 0 Å². The van der Waals surface area contributed by atoms with Gasteiger partial charge in [-0.25, -0.2) is 0 Å². The van der Waals surface area contributed by atoms with E-state index in [4.69, 9.17) is 23.2 Å². The molecule has 0 aliphatic heterocycles. The Hall–Kier alpha value is -0.930. The van der Waals surface area contributed by atoms with Gasteiger partial charge in [0.05, 0.1) is 17.3 Å². The minimum atomic E-state index is -0.0129. The minimum absolute atomic E-state index is 0.0129. The van der Waals surface area contributed by atoms with Gasteiger partial charge >= 0.3 is 0 Å². The molecule has 5 heteroatoms. The predicted molar refractivity (Wildman–Crippen MR) is 63.6 cm³/mol. The zero-order valence-corrected chi connectivity index (χ0v) is 10.1. The first kappa shape index (κ1) is 12.1. The van der Waals surface area contributed by atoms with E-state index < -0.39 is 0 Å². The SMILES string of the molecule is CN(C)C(=O)CNc1ccc(Cl)cc1Cl. The van der Waals surface area contributed by atoms with Crippen LogP contribution in [0.4, 0.5) is 5.69 Å². The summed E-state index contributed by atoms with van der Waals surface area (Å²) in [4.78, 5) is 12.8. The molecule has 0 saturated carbocycles. The average Bonchev–Trinajstić information content (AvgIpc) is 2.15. The van der Waals surface area contributed by atoms with Gasteiger partial charge in [0.15, 0.2) is 0 Å². The fourth-order valence-electron chi connectivity index (χ4n) is 0.962. The molecule has 1 aromatic rings. The monoisotopic (exact) mass is 246 g/mol. The molecule has 1 N–H and O–H groups in total. The highest BCUT2D eigenvalue weighted by molar-refractivity contribution is 6.36. The highest BCUT2D eigenvalue weighted by Gasteiger charge is 2.05. The Labute approximate surface area is 99.0 Å². The van der Waals surface area contributed by atoms with Crippen molar-refractivity contribution < 1.29 is 4.79 Å². The lowest BCUT2D eigenvalue weighted by Crippen LogP contribution is -2.28. The van der Waals surface area contributed by atoms with E-state index in [0.29, 0.717) is 15.7 Å². The molecule has 0 spiro atoms. The van der Waals surface area contributed by atoms with Gasteiger partial charge in [-0.2, -0.15) is 0 Å². The molecule has 1 aromatic carbocycles. The van der Waals surface area contributed by atoms with Gasteiger partial charge < -0.3 is 10.2 Å². The first-order valence-corrected chi connectivity index (χ1v) is 5.15. The molecule has 0 unspecified atom stereocenters. The molecule has 0 radical (unpaired) electrons. The summed E-state index contributed by atoms with van der Waals surface area (Å²) >= 11 is 11.7. The molecule has 0 aliphatic carbocycles. The van der Waals surface area contributed by atoms with Crippen molar-refractivity contribution in [2.75, 3.05) is 26.0 Å². The fourth-order valence-corrected chi connectivity index (χ4v) is 1.44. The Morgan fingerprint density at radius 3 is 2.60 bits per heavy atom. The molecule has 15 heavy (non-hydrogen) atoms. The number of hydrogen-bond acceptors (Lipinski definition) is 2. The maximum absolute atomic E-state index is 11.3. The molecule has 0 saturated heterocycles. The third kappa shape index (κ3) is 3.61. The van der Waals surface area contributed by atoms with E-state index in [0.717, 1.165) is 0 Å². The molecule has 1 rings (SSSR count). The van der Waals surface area contributed by atoms with Crippen molar-refractivity contribution in [1.82, 2.24) is 4.90 Å². The second-order valence-electron chi connectivity index (χ2n) is 3.27. The standard InChI is InChI=1S/C10H12Cl2N2O/c1-14(2)10(15)6-13-9-4-3-7(11)5-8(9)12/h3-5,13H,6H2,1-2H3. The van der Waals surface area contributed by atoms with Crippen LogP contribution < -0.4 is 5.32 Å². The van der Waals surface area contributed by atoms with Crippen molar-refractivity contribution in [2.24, 2.45) is 0 Å². The van der Waals surface area contributed by atoms with Crippen LogP contribution in [0, 0.1) is 0 Å². The second-order valence-corrected chi connectivity index (χ2v) is 4.11. The van der Waals surface area contributed by atoms with Gasteiger partial charge in [-0.15, -0.1) is 0 Å². The fraction of sp³-hybridized carbons (Fsp3) is 0.300. The van der Waals surface area contributed by atoms with Crippen LogP contribution in [0.25, 0.3) is 0 Å². The number of anilines is 1. The Morgan fingerprint density at radius 2 is 2.07 bits per heavy atom.